The maximum Gasteiger partial charge on any atom is 0.318 e. The summed E-state index contributed by atoms with van der Waals surface area (Å²) in [5.41, 5.74) is 6.45. The minimum Gasteiger partial charge on any atom is -0.462 e. The fraction of sp³-hybridized carbons (Fsp3) is 0.562. The highest BCUT2D eigenvalue weighted by molar-refractivity contribution is 5.91. The van der Waals surface area contributed by atoms with Crippen molar-refractivity contribution in [2.75, 3.05) is 44.7 Å². The molecule has 41 heavy (non-hydrogen) atoms. The van der Waals surface area contributed by atoms with Crippen LogP contribution in [0.15, 0.2) is 30.6 Å². The van der Waals surface area contributed by atoms with Crippen molar-refractivity contribution in [3.63, 3.8) is 0 Å². The number of amides is 1. The molecule has 3 unspecified atom stereocenters. The van der Waals surface area contributed by atoms with Gasteiger partial charge in [0.15, 0.2) is 5.83 Å². The molecule has 3 heterocycles. The van der Waals surface area contributed by atoms with Gasteiger partial charge in [0.25, 0.3) is 5.91 Å². The number of nitriles is 1. The Bertz CT molecular complexity index is 1410. The molecule has 2 fully saturated rings. The largest absolute Gasteiger partial charge is 0.462 e. The predicted octanol–water partition coefficient (Wildman–Crippen LogP) is 4.05. The van der Waals surface area contributed by atoms with Crippen LogP contribution < -0.4 is 9.64 Å². The van der Waals surface area contributed by atoms with Crippen molar-refractivity contribution in [2.24, 2.45) is 0 Å². The number of fused-ring (bicyclic) bond motifs is 3. The van der Waals surface area contributed by atoms with Gasteiger partial charge in [-0.05, 0) is 76.6 Å². The van der Waals surface area contributed by atoms with Crippen molar-refractivity contribution in [3.05, 3.63) is 58.6 Å². The van der Waals surface area contributed by atoms with Crippen molar-refractivity contribution in [2.45, 2.75) is 75.8 Å². The summed E-state index contributed by atoms with van der Waals surface area (Å²) in [7, 11) is 2.13. The van der Waals surface area contributed by atoms with Crippen LogP contribution in [-0.2, 0) is 29.5 Å². The topological polar surface area (TPSA) is 85.6 Å². The molecule has 0 bridgehead atoms. The average molecular weight is 559 g/mol. The molecule has 1 amide bonds. The zero-order valence-electron chi connectivity index (χ0n) is 24.2. The number of hydrogen-bond donors (Lipinski definition) is 0. The second kappa shape index (κ2) is 11.1. The van der Waals surface area contributed by atoms with Crippen LogP contribution >= 0.6 is 0 Å². The highest BCUT2D eigenvalue weighted by Gasteiger charge is 2.43. The molecule has 1 aromatic heterocycles. The smallest absolute Gasteiger partial charge is 0.318 e. The molecule has 6 rings (SSSR count). The number of hydrogen-bond acceptors (Lipinski definition) is 7. The van der Waals surface area contributed by atoms with E-state index in [4.69, 9.17) is 14.7 Å². The van der Waals surface area contributed by atoms with Crippen molar-refractivity contribution in [1.29, 1.82) is 5.26 Å². The minimum absolute atomic E-state index is 0.0700. The van der Waals surface area contributed by atoms with Gasteiger partial charge in [-0.15, -0.1) is 0 Å². The van der Waals surface area contributed by atoms with Gasteiger partial charge in [-0.25, -0.2) is 4.39 Å². The monoisotopic (exact) mass is 558 g/mol. The Labute approximate surface area is 241 Å². The quantitative estimate of drug-likeness (QED) is 0.495. The van der Waals surface area contributed by atoms with Gasteiger partial charge >= 0.3 is 6.01 Å². The lowest BCUT2D eigenvalue weighted by Gasteiger charge is -2.42. The predicted molar refractivity (Wildman–Crippen MR) is 155 cm³/mol. The summed E-state index contributed by atoms with van der Waals surface area (Å²) < 4.78 is 20.1. The van der Waals surface area contributed by atoms with Crippen LogP contribution in [0, 0.1) is 18.3 Å². The average Bonchev–Trinajstić information content (AvgIpc) is 3.53. The summed E-state index contributed by atoms with van der Waals surface area (Å²) >= 11 is 0. The van der Waals surface area contributed by atoms with Gasteiger partial charge in [-0.2, -0.15) is 15.2 Å². The third-order valence-electron chi connectivity index (χ3n) is 9.79. The lowest BCUT2D eigenvalue weighted by Crippen LogP contribution is -2.55. The van der Waals surface area contributed by atoms with Gasteiger partial charge in [0.05, 0.1) is 24.2 Å². The Hall–Kier alpha value is -3.51. The van der Waals surface area contributed by atoms with E-state index in [1.807, 2.05) is 0 Å². The molecular weight excluding hydrogens is 519 g/mol. The Morgan fingerprint density at radius 3 is 2.80 bits per heavy atom. The number of carbonyl (C=O) groups excluding carboxylic acids is 1. The Balaban J connectivity index is 1.33. The third kappa shape index (κ3) is 5.19. The third-order valence-corrected chi connectivity index (χ3v) is 9.79. The zero-order valence-corrected chi connectivity index (χ0v) is 24.2. The van der Waals surface area contributed by atoms with E-state index in [0.29, 0.717) is 38.3 Å². The molecule has 3 atom stereocenters. The van der Waals surface area contributed by atoms with E-state index in [1.54, 1.807) is 0 Å². The van der Waals surface area contributed by atoms with E-state index >= 15 is 0 Å². The van der Waals surface area contributed by atoms with Crippen LogP contribution in [0.2, 0.25) is 0 Å². The van der Waals surface area contributed by atoms with Crippen LogP contribution in [0.4, 0.5) is 10.2 Å². The number of nitrogens with zero attached hydrogens (tertiary/aromatic N) is 6. The highest BCUT2D eigenvalue weighted by Crippen LogP contribution is 2.49. The molecule has 8 nitrogen and oxygen atoms in total. The molecule has 216 valence electrons. The van der Waals surface area contributed by atoms with E-state index in [-0.39, 0.29) is 11.8 Å². The number of likely N-dealkylation sites (tertiary alicyclic amines) is 1. The number of likely N-dealkylation sites (N-methyl/N-ethyl adjacent to an activating group) is 1. The van der Waals surface area contributed by atoms with Crippen molar-refractivity contribution < 1.29 is 13.9 Å². The van der Waals surface area contributed by atoms with Crippen LogP contribution in [-0.4, -0.2) is 77.6 Å². The van der Waals surface area contributed by atoms with E-state index in [1.165, 1.54) is 21.6 Å². The SMILES string of the molecule is C=C(F)C(=O)N1CCN(c2nc(OCC3CCCN3C)nc3c2CCC2(CCc4cc(C)ccc42)C3)CC1CC#N. The van der Waals surface area contributed by atoms with E-state index in [9.17, 15) is 14.4 Å². The number of anilines is 1. The van der Waals surface area contributed by atoms with Crippen LogP contribution in [0.3, 0.4) is 0 Å². The second-order valence-electron chi connectivity index (χ2n) is 12.3. The first kappa shape index (κ1) is 27.6. The molecular formula is C32H39FN6O2. The number of ether oxygens (including phenoxy) is 1. The minimum atomic E-state index is -0.995. The standard InChI is InChI=1S/C32H39FN6O2/c1-21-6-7-27-23(17-21)8-11-32(27)12-9-26-28(18-32)35-31(41-20-25-5-4-14-37(25)3)36-29(26)38-15-16-39(30(40)22(2)33)24(19-38)10-13-34/h6-7,17,24-25H,2,4-5,8-12,14-16,18-20H2,1,3H3. The lowest BCUT2D eigenvalue weighted by atomic mass is 9.69. The summed E-state index contributed by atoms with van der Waals surface area (Å²) in [5, 5.41) is 9.49. The highest BCUT2D eigenvalue weighted by atomic mass is 19.1. The van der Waals surface area contributed by atoms with E-state index in [0.717, 1.165) is 68.6 Å². The van der Waals surface area contributed by atoms with Crippen LogP contribution in [0.25, 0.3) is 0 Å². The molecule has 0 saturated carbocycles. The van der Waals surface area contributed by atoms with Gasteiger partial charge in [0.2, 0.25) is 0 Å². The van der Waals surface area contributed by atoms with Gasteiger partial charge in [0.1, 0.15) is 12.4 Å². The normalized spacial score (nSPS) is 25.6. The summed E-state index contributed by atoms with van der Waals surface area (Å²) in [6.07, 6.45) is 7.30. The van der Waals surface area contributed by atoms with Crippen molar-refractivity contribution >= 4 is 11.7 Å². The van der Waals surface area contributed by atoms with Crippen LogP contribution in [0.1, 0.15) is 60.1 Å². The lowest BCUT2D eigenvalue weighted by molar-refractivity contribution is -0.131. The molecule has 2 aliphatic heterocycles. The van der Waals surface area contributed by atoms with Gasteiger partial charge < -0.3 is 19.4 Å². The summed E-state index contributed by atoms with van der Waals surface area (Å²) in [6.45, 7) is 8.14. The van der Waals surface area contributed by atoms with Crippen molar-refractivity contribution in [3.8, 4) is 12.1 Å². The molecule has 2 aromatic rings. The molecule has 0 N–H and O–H groups in total. The maximum atomic E-state index is 13.8. The van der Waals surface area contributed by atoms with Gasteiger partial charge in [-0.1, -0.05) is 30.3 Å². The first-order valence-electron chi connectivity index (χ1n) is 14.9. The van der Waals surface area contributed by atoms with Crippen molar-refractivity contribution in [1.82, 2.24) is 19.8 Å². The number of halogens is 1. The fourth-order valence-corrected chi connectivity index (χ4v) is 7.51. The first-order chi connectivity index (χ1) is 19.8. The summed E-state index contributed by atoms with van der Waals surface area (Å²) in [4.78, 5) is 28.4. The molecule has 2 aliphatic carbocycles. The van der Waals surface area contributed by atoms with Gasteiger partial charge in [-0.3, -0.25) is 4.79 Å². The molecule has 4 aliphatic rings. The maximum absolute atomic E-state index is 13.8. The molecule has 9 heteroatoms. The molecule has 0 radical (unpaired) electrons. The number of benzene rings is 1. The van der Waals surface area contributed by atoms with Crippen LogP contribution in [0.5, 0.6) is 6.01 Å². The molecule has 1 aromatic carbocycles. The first-order valence-corrected chi connectivity index (χ1v) is 14.9. The van der Waals surface area contributed by atoms with Gasteiger partial charge in [0, 0.05) is 36.7 Å². The zero-order chi connectivity index (χ0) is 28.7. The molecule has 1 spiro atoms. The summed E-state index contributed by atoms with van der Waals surface area (Å²) in [6, 6.07) is 9.34. The Morgan fingerprint density at radius 1 is 1.22 bits per heavy atom. The van der Waals surface area contributed by atoms with E-state index in [2.05, 4.69) is 54.6 Å². The number of aromatic nitrogens is 2. The number of carbonyl (C=O) groups is 1. The number of aryl methyl sites for hydroxylation is 2. The number of rotatable bonds is 6. The second-order valence-corrected chi connectivity index (χ2v) is 12.3. The summed E-state index contributed by atoms with van der Waals surface area (Å²) in [5.74, 6) is -0.905. The number of piperazine rings is 1. The fourth-order valence-electron chi connectivity index (χ4n) is 7.51. The molecule has 2 saturated heterocycles. The Morgan fingerprint density at radius 2 is 2.05 bits per heavy atom. The van der Waals surface area contributed by atoms with E-state index < -0.39 is 17.8 Å². The Kier molecular flexibility index (Phi) is 7.45.